The number of fused-ring (bicyclic) bond motifs is 2. The number of rotatable bonds is 7. The van der Waals surface area contributed by atoms with Gasteiger partial charge in [-0.2, -0.15) is 5.26 Å². The molecule has 10 nitrogen and oxygen atoms in total. The van der Waals surface area contributed by atoms with Crippen molar-refractivity contribution in [1.82, 2.24) is 25.3 Å². The number of hydrogen-bond donors (Lipinski definition) is 2. The molecule has 4 heterocycles. The number of likely N-dealkylation sites (tertiary alicyclic amines) is 1. The van der Waals surface area contributed by atoms with Crippen LogP contribution in [-0.4, -0.2) is 104 Å². The van der Waals surface area contributed by atoms with E-state index < -0.39 is 0 Å². The molecule has 222 valence electrons. The summed E-state index contributed by atoms with van der Waals surface area (Å²) in [5, 5.41) is 17.2. The Morgan fingerprint density at radius 2 is 2.15 bits per heavy atom. The van der Waals surface area contributed by atoms with E-state index in [1.807, 2.05) is 17.0 Å². The van der Waals surface area contributed by atoms with Gasteiger partial charge in [-0.1, -0.05) is 18.7 Å². The topological polar surface area (TPSA) is 102 Å². The Balaban J connectivity index is 1.21. The molecule has 6 unspecified atom stereocenters. The van der Waals surface area contributed by atoms with Crippen molar-refractivity contribution < 1.29 is 19.0 Å². The zero-order chi connectivity index (χ0) is 28.6. The molecule has 0 radical (unpaired) electrons. The minimum Gasteiger partial charge on any atom is -0.493 e. The van der Waals surface area contributed by atoms with Crippen molar-refractivity contribution in [1.29, 1.82) is 5.26 Å². The number of carbonyl (C=O) groups excluding carboxylic acids is 1. The van der Waals surface area contributed by atoms with E-state index in [-0.39, 0.29) is 36.1 Å². The smallest absolute Gasteiger partial charge is 0.246 e. The molecular weight excluding hydrogens is 520 g/mol. The van der Waals surface area contributed by atoms with Gasteiger partial charge >= 0.3 is 0 Å². The Morgan fingerprint density at radius 3 is 2.90 bits per heavy atom. The molecule has 4 fully saturated rings. The second kappa shape index (κ2) is 11.9. The van der Waals surface area contributed by atoms with E-state index in [9.17, 15) is 10.1 Å². The molecule has 0 bridgehead atoms. The van der Waals surface area contributed by atoms with Crippen LogP contribution in [0, 0.1) is 17.2 Å². The summed E-state index contributed by atoms with van der Waals surface area (Å²) >= 11 is 0. The highest BCUT2D eigenvalue weighted by molar-refractivity contribution is 5.87. The maximum atomic E-state index is 12.5. The number of nitriles is 1. The number of amides is 1. The van der Waals surface area contributed by atoms with Crippen molar-refractivity contribution in [3.8, 4) is 17.6 Å². The van der Waals surface area contributed by atoms with Gasteiger partial charge in [0, 0.05) is 56.0 Å². The van der Waals surface area contributed by atoms with Crippen LogP contribution in [0.4, 0.5) is 0 Å². The Bertz CT molecular complexity index is 1170. The van der Waals surface area contributed by atoms with Gasteiger partial charge in [-0.25, -0.2) is 0 Å². The largest absolute Gasteiger partial charge is 0.493 e. The lowest BCUT2D eigenvalue weighted by Gasteiger charge is -2.54. The minimum atomic E-state index is -0.286. The molecule has 7 atom stereocenters. The molecule has 1 saturated carbocycles. The predicted octanol–water partition coefficient (Wildman–Crippen LogP) is 2.06. The van der Waals surface area contributed by atoms with Crippen LogP contribution in [0.3, 0.4) is 0 Å². The lowest BCUT2D eigenvalue weighted by molar-refractivity contribution is -0.138. The van der Waals surface area contributed by atoms with Gasteiger partial charge in [0.25, 0.3) is 0 Å². The van der Waals surface area contributed by atoms with Crippen LogP contribution in [-0.2, 0) is 16.0 Å². The van der Waals surface area contributed by atoms with Crippen LogP contribution in [0.1, 0.15) is 44.1 Å². The van der Waals surface area contributed by atoms with Gasteiger partial charge in [0.1, 0.15) is 5.60 Å². The first-order valence-electron chi connectivity index (χ1n) is 15.2. The van der Waals surface area contributed by atoms with Gasteiger partial charge in [-0.15, -0.1) is 0 Å². The first kappa shape index (κ1) is 28.4. The van der Waals surface area contributed by atoms with Gasteiger partial charge in [0.05, 0.1) is 38.4 Å². The van der Waals surface area contributed by atoms with E-state index >= 15 is 0 Å². The third kappa shape index (κ3) is 5.58. The van der Waals surface area contributed by atoms with Crippen molar-refractivity contribution in [3.63, 3.8) is 0 Å². The number of nitrogens with zero attached hydrogens (tertiary/aromatic N) is 4. The lowest BCUT2D eigenvalue weighted by atomic mass is 9.71. The molecular formula is C31H44N6O4. The van der Waals surface area contributed by atoms with Crippen LogP contribution < -0.4 is 20.1 Å². The van der Waals surface area contributed by atoms with Crippen LogP contribution in [0.15, 0.2) is 30.9 Å². The van der Waals surface area contributed by atoms with E-state index in [4.69, 9.17) is 14.2 Å². The summed E-state index contributed by atoms with van der Waals surface area (Å²) in [6.07, 6.45) is 7.54. The number of hydrogen-bond acceptors (Lipinski definition) is 9. The Kier molecular flexibility index (Phi) is 8.25. The fraction of sp³-hybridized carbons (Fsp3) is 0.677. The number of ether oxygens (including phenoxy) is 3. The fourth-order valence-corrected chi connectivity index (χ4v) is 7.89. The summed E-state index contributed by atoms with van der Waals surface area (Å²) in [5.74, 6) is 1.93. The zero-order valence-electron chi connectivity index (χ0n) is 24.4. The van der Waals surface area contributed by atoms with Gasteiger partial charge in [-0.05, 0) is 51.4 Å². The third-order valence-corrected chi connectivity index (χ3v) is 10.1. The SMILES string of the molecule is C=CC(=O)N1CCN(C2NC(OCC3CCCN3C)NC3C[C@@]4(CCC32)Cc2cccc(OC)c2O4)CC1CC#N. The Hall–Kier alpha value is -2.68. The van der Waals surface area contributed by atoms with Gasteiger partial charge in [0.2, 0.25) is 5.91 Å². The second-order valence-electron chi connectivity index (χ2n) is 12.4. The number of piperazine rings is 1. The summed E-state index contributed by atoms with van der Waals surface area (Å²) in [5.41, 5.74) is 0.953. The third-order valence-electron chi connectivity index (χ3n) is 10.1. The molecule has 0 aromatic heterocycles. The summed E-state index contributed by atoms with van der Waals surface area (Å²) in [6, 6.07) is 8.94. The average Bonchev–Trinajstić information content (AvgIpc) is 3.57. The molecule has 1 spiro atoms. The molecule has 4 aliphatic heterocycles. The Morgan fingerprint density at radius 1 is 1.27 bits per heavy atom. The number of carbonyl (C=O) groups is 1. The first-order valence-corrected chi connectivity index (χ1v) is 15.2. The Labute approximate surface area is 243 Å². The molecule has 1 amide bonds. The second-order valence-corrected chi connectivity index (χ2v) is 12.4. The van der Waals surface area contributed by atoms with Gasteiger partial charge < -0.3 is 24.0 Å². The molecule has 1 aliphatic carbocycles. The first-order chi connectivity index (χ1) is 19.9. The number of benzene rings is 1. The lowest BCUT2D eigenvalue weighted by Crippen LogP contribution is -2.73. The van der Waals surface area contributed by atoms with E-state index in [1.165, 1.54) is 18.1 Å². The maximum absolute atomic E-state index is 12.5. The molecule has 6 rings (SSSR count). The quantitative estimate of drug-likeness (QED) is 0.482. The normalized spacial score (nSPS) is 35.4. The molecule has 10 heteroatoms. The van der Waals surface area contributed by atoms with Crippen molar-refractivity contribution in [2.75, 3.05) is 46.9 Å². The highest BCUT2D eigenvalue weighted by atomic mass is 16.5. The summed E-state index contributed by atoms with van der Waals surface area (Å²) in [4.78, 5) is 19.2. The highest BCUT2D eigenvalue weighted by Gasteiger charge is 2.52. The van der Waals surface area contributed by atoms with E-state index in [0.717, 1.165) is 56.7 Å². The minimum absolute atomic E-state index is 0.0744. The van der Waals surface area contributed by atoms with E-state index in [1.54, 1.807) is 7.11 Å². The van der Waals surface area contributed by atoms with Crippen LogP contribution in [0.25, 0.3) is 0 Å². The van der Waals surface area contributed by atoms with Gasteiger partial charge in [-0.3, -0.25) is 20.3 Å². The maximum Gasteiger partial charge on any atom is 0.246 e. The number of nitrogens with one attached hydrogen (secondary N) is 2. The van der Waals surface area contributed by atoms with Gasteiger partial charge in [0.15, 0.2) is 17.9 Å². The zero-order valence-corrected chi connectivity index (χ0v) is 24.4. The average molecular weight is 565 g/mol. The van der Waals surface area contributed by atoms with Crippen LogP contribution in [0.2, 0.25) is 0 Å². The monoisotopic (exact) mass is 564 g/mol. The number of likely N-dealkylation sites (N-methyl/N-ethyl adjacent to an activating group) is 1. The molecule has 1 aromatic rings. The summed E-state index contributed by atoms with van der Waals surface area (Å²) < 4.78 is 18.9. The summed E-state index contributed by atoms with van der Waals surface area (Å²) in [7, 11) is 3.88. The summed E-state index contributed by atoms with van der Waals surface area (Å²) in [6.45, 7) is 7.44. The molecule has 5 aliphatic rings. The molecule has 41 heavy (non-hydrogen) atoms. The molecule has 3 saturated heterocycles. The fourth-order valence-electron chi connectivity index (χ4n) is 7.89. The van der Waals surface area contributed by atoms with Crippen LogP contribution >= 0.6 is 0 Å². The van der Waals surface area contributed by atoms with Crippen molar-refractivity contribution in [3.05, 3.63) is 36.4 Å². The highest BCUT2D eigenvalue weighted by Crippen LogP contribution is 2.49. The van der Waals surface area contributed by atoms with Crippen LogP contribution in [0.5, 0.6) is 11.5 Å². The molecule has 1 aromatic carbocycles. The van der Waals surface area contributed by atoms with E-state index in [0.29, 0.717) is 38.1 Å². The van der Waals surface area contributed by atoms with Crippen molar-refractivity contribution >= 4 is 5.91 Å². The van der Waals surface area contributed by atoms with Crippen molar-refractivity contribution in [2.45, 2.75) is 81.2 Å². The van der Waals surface area contributed by atoms with E-state index in [2.05, 4.69) is 46.2 Å². The standard InChI is InChI=1S/C31H44N6O4/c1-4-27(38)37-16-15-36(19-22(37)11-13-32)29-24-10-12-31(17-21-7-5-9-26(39-3)28(21)41-31)18-25(24)33-30(34-29)40-20-23-8-6-14-35(23)2/h4-5,7,9,22-25,29-30,33-34H,1,6,8,10-12,14-20H2,2-3H3/t22?,23?,24?,25?,29?,30?,31-/m1/s1. The predicted molar refractivity (Wildman–Crippen MR) is 154 cm³/mol. The number of para-hydroxylation sites is 1. The molecule has 2 N–H and O–H groups in total. The van der Waals surface area contributed by atoms with Crippen molar-refractivity contribution in [2.24, 2.45) is 5.92 Å². The number of methoxy groups -OCH3 is 1.